The summed E-state index contributed by atoms with van der Waals surface area (Å²) in [5, 5.41) is 10.9. The van der Waals surface area contributed by atoms with Gasteiger partial charge in [0.15, 0.2) is 5.82 Å². The molecule has 1 saturated carbocycles. The summed E-state index contributed by atoms with van der Waals surface area (Å²) < 4.78 is 0. The predicted molar refractivity (Wildman–Crippen MR) is 57.6 cm³/mol. The minimum absolute atomic E-state index is 0.417. The molecular weight excluding hydrogens is 188 g/mol. The van der Waals surface area contributed by atoms with Crippen LogP contribution in [-0.2, 0) is 0 Å². The van der Waals surface area contributed by atoms with E-state index in [0.717, 1.165) is 18.2 Å². The summed E-state index contributed by atoms with van der Waals surface area (Å²) in [6.07, 6.45) is 7.68. The van der Waals surface area contributed by atoms with Crippen molar-refractivity contribution in [2.75, 3.05) is 6.54 Å². The van der Waals surface area contributed by atoms with Crippen molar-refractivity contribution in [3.63, 3.8) is 0 Å². The van der Waals surface area contributed by atoms with E-state index in [0.29, 0.717) is 12.0 Å². The number of hydrogen-bond donors (Lipinski definition) is 2. The van der Waals surface area contributed by atoms with Gasteiger partial charge in [0, 0.05) is 5.92 Å². The van der Waals surface area contributed by atoms with Gasteiger partial charge in [0.05, 0.1) is 6.04 Å². The first-order valence-electron chi connectivity index (χ1n) is 6.09. The molecular formula is C11H18N4. The zero-order valence-electron chi connectivity index (χ0n) is 9.00. The molecule has 0 amide bonds. The van der Waals surface area contributed by atoms with Crippen LogP contribution in [0, 0.1) is 0 Å². The van der Waals surface area contributed by atoms with Gasteiger partial charge in [-0.15, -0.1) is 0 Å². The second-order valence-corrected chi connectivity index (χ2v) is 4.71. The van der Waals surface area contributed by atoms with Gasteiger partial charge in [-0.3, -0.25) is 5.10 Å². The Labute approximate surface area is 89.9 Å². The highest BCUT2D eigenvalue weighted by Crippen LogP contribution is 2.34. The fourth-order valence-corrected chi connectivity index (χ4v) is 2.38. The van der Waals surface area contributed by atoms with E-state index in [9.17, 15) is 0 Å². The Bertz CT molecular complexity index is 323. The SMILES string of the molecule is C1CCC(c2nc(C3CCC3)n[nH]2)NC1. The number of nitrogens with one attached hydrogen (secondary N) is 2. The number of H-pyrrole nitrogens is 1. The van der Waals surface area contributed by atoms with Crippen LogP contribution in [-0.4, -0.2) is 21.7 Å². The van der Waals surface area contributed by atoms with E-state index in [4.69, 9.17) is 0 Å². The monoisotopic (exact) mass is 206 g/mol. The largest absolute Gasteiger partial charge is 0.307 e. The van der Waals surface area contributed by atoms with E-state index < -0.39 is 0 Å². The molecule has 2 aliphatic rings. The highest BCUT2D eigenvalue weighted by atomic mass is 15.2. The van der Waals surface area contributed by atoms with Crippen LogP contribution in [0.4, 0.5) is 0 Å². The molecule has 3 rings (SSSR count). The summed E-state index contributed by atoms with van der Waals surface area (Å²) in [7, 11) is 0. The lowest BCUT2D eigenvalue weighted by Crippen LogP contribution is -2.27. The molecule has 0 aromatic carbocycles. The standard InChI is InChI=1S/C11H18N4/c1-2-7-12-9(6-1)11-13-10(14-15-11)8-4-3-5-8/h8-9,12H,1-7H2,(H,13,14,15). The van der Waals surface area contributed by atoms with Crippen LogP contribution in [0.2, 0.25) is 0 Å². The highest BCUT2D eigenvalue weighted by molar-refractivity contribution is 5.04. The van der Waals surface area contributed by atoms with Gasteiger partial charge in [-0.05, 0) is 32.2 Å². The van der Waals surface area contributed by atoms with Gasteiger partial charge < -0.3 is 5.32 Å². The van der Waals surface area contributed by atoms with Crippen LogP contribution >= 0.6 is 0 Å². The number of rotatable bonds is 2. The van der Waals surface area contributed by atoms with Crippen molar-refractivity contribution >= 4 is 0 Å². The molecule has 1 unspecified atom stereocenters. The number of aromatic nitrogens is 3. The molecule has 4 heteroatoms. The zero-order chi connectivity index (χ0) is 10.1. The molecule has 1 aliphatic carbocycles. The molecule has 4 nitrogen and oxygen atoms in total. The first-order chi connectivity index (χ1) is 7.43. The van der Waals surface area contributed by atoms with Gasteiger partial charge in [0.1, 0.15) is 5.82 Å². The Balaban J connectivity index is 1.71. The third-order valence-corrected chi connectivity index (χ3v) is 3.63. The average molecular weight is 206 g/mol. The van der Waals surface area contributed by atoms with E-state index in [2.05, 4.69) is 20.5 Å². The summed E-state index contributed by atoms with van der Waals surface area (Å²) >= 11 is 0. The topological polar surface area (TPSA) is 53.6 Å². The van der Waals surface area contributed by atoms with Crippen molar-refractivity contribution in [2.24, 2.45) is 0 Å². The lowest BCUT2D eigenvalue weighted by atomic mass is 9.85. The summed E-state index contributed by atoms with van der Waals surface area (Å²) in [5.74, 6) is 2.74. The molecule has 82 valence electrons. The fourth-order valence-electron chi connectivity index (χ4n) is 2.38. The average Bonchev–Trinajstić information content (AvgIpc) is 2.66. The van der Waals surface area contributed by atoms with E-state index in [1.54, 1.807) is 0 Å². The third-order valence-electron chi connectivity index (χ3n) is 3.63. The molecule has 15 heavy (non-hydrogen) atoms. The van der Waals surface area contributed by atoms with Crippen molar-refractivity contribution in [2.45, 2.75) is 50.5 Å². The van der Waals surface area contributed by atoms with Crippen molar-refractivity contribution in [1.82, 2.24) is 20.5 Å². The summed E-state index contributed by atoms with van der Waals surface area (Å²) in [6.45, 7) is 1.12. The molecule has 1 atom stereocenters. The van der Waals surface area contributed by atoms with Gasteiger partial charge in [-0.1, -0.05) is 12.8 Å². The first kappa shape index (κ1) is 9.33. The van der Waals surface area contributed by atoms with Crippen LogP contribution in [0.5, 0.6) is 0 Å². The van der Waals surface area contributed by atoms with Gasteiger partial charge in [0.2, 0.25) is 0 Å². The molecule has 0 bridgehead atoms. The van der Waals surface area contributed by atoms with E-state index in [1.165, 1.54) is 38.5 Å². The zero-order valence-corrected chi connectivity index (χ0v) is 9.00. The van der Waals surface area contributed by atoms with Gasteiger partial charge in [0.25, 0.3) is 0 Å². The van der Waals surface area contributed by atoms with Gasteiger partial charge >= 0.3 is 0 Å². The van der Waals surface area contributed by atoms with Crippen molar-refractivity contribution in [3.8, 4) is 0 Å². The van der Waals surface area contributed by atoms with E-state index >= 15 is 0 Å². The molecule has 2 N–H and O–H groups in total. The van der Waals surface area contributed by atoms with Crippen LogP contribution in [0.1, 0.15) is 62.1 Å². The summed E-state index contributed by atoms with van der Waals surface area (Å²) in [5.41, 5.74) is 0. The van der Waals surface area contributed by atoms with Crippen LogP contribution in [0.15, 0.2) is 0 Å². The Morgan fingerprint density at radius 2 is 2.00 bits per heavy atom. The van der Waals surface area contributed by atoms with Crippen molar-refractivity contribution in [1.29, 1.82) is 0 Å². The van der Waals surface area contributed by atoms with E-state index in [-0.39, 0.29) is 0 Å². The van der Waals surface area contributed by atoms with E-state index in [1.807, 2.05) is 0 Å². The molecule has 1 aromatic rings. The quantitative estimate of drug-likeness (QED) is 0.777. The summed E-state index contributed by atoms with van der Waals surface area (Å²) in [6, 6.07) is 0.417. The van der Waals surface area contributed by atoms with Gasteiger partial charge in [-0.2, -0.15) is 5.10 Å². The Morgan fingerprint density at radius 3 is 2.67 bits per heavy atom. The molecule has 1 aromatic heterocycles. The maximum Gasteiger partial charge on any atom is 0.153 e. The molecule has 1 saturated heterocycles. The van der Waals surface area contributed by atoms with Crippen molar-refractivity contribution < 1.29 is 0 Å². The molecule has 2 heterocycles. The third kappa shape index (κ3) is 1.78. The molecule has 0 spiro atoms. The van der Waals surface area contributed by atoms with Crippen LogP contribution in [0.25, 0.3) is 0 Å². The van der Waals surface area contributed by atoms with Crippen LogP contribution in [0.3, 0.4) is 0 Å². The number of hydrogen-bond acceptors (Lipinski definition) is 3. The number of aromatic amines is 1. The predicted octanol–water partition coefficient (Wildman–Crippen LogP) is 1.89. The Hall–Kier alpha value is -0.900. The smallest absolute Gasteiger partial charge is 0.153 e. The lowest BCUT2D eigenvalue weighted by molar-refractivity contribution is 0.392. The first-order valence-corrected chi connectivity index (χ1v) is 6.09. The Morgan fingerprint density at radius 1 is 1.07 bits per heavy atom. The highest BCUT2D eigenvalue weighted by Gasteiger charge is 2.25. The normalized spacial score (nSPS) is 27.6. The lowest BCUT2D eigenvalue weighted by Gasteiger charge is -2.22. The molecule has 2 fully saturated rings. The second kappa shape index (κ2) is 3.93. The number of piperidine rings is 1. The van der Waals surface area contributed by atoms with Crippen LogP contribution < -0.4 is 5.32 Å². The molecule has 0 radical (unpaired) electrons. The summed E-state index contributed by atoms with van der Waals surface area (Å²) in [4.78, 5) is 4.63. The molecule has 1 aliphatic heterocycles. The maximum absolute atomic E-state index is 4.63. The van der Waals surface area contributed by atoms with Gasteiger partial charge in [-0.25, -0.2) is 4.98 Å². The Kier molecular flexibility index (Phi) is 2.44. The maximum atomic E-state index is 4.63. The minimum Gasteiger partial charge on any atom is -0.307 e. The minimum atomic E-state index is 0.417. The van der Waals surface area contributed by atoms with Crippen molar-refractivity contribution in [3.05, 3.63) is 11.6 Å². The fraction of sp³-hybridized carbons (Fsp3) is 0.818. The number of nitrogens with zero attached hydrogens (tertiary/aromatic N) is 2. The second-order valence-electron chi connectivity index (χ2n) is 4.71.